The van der Waals surface area contributed by atoms with E-state index in [1.807, 2.05) is 30.9 Å². The van der Waals surface area contributed by atoms with Gasteiger partial charge in [-0.3, -0.25) is 4.79 Å². The van der Waals surface area contributed by atoms with Gasteiger partial charge in [-0.05, 0) is 67.6 Å². The lowest BCUT2D eigenvalue weighted by atomic mass is 10.1. The predicted molar refractivity (Wildman–Crippen MR) is 133 cm³/mol. The second-order valence-electron chi connectivity index (χ2n) is 8.34. The van der Waals surface area contributed by atoms with Crippen molar-refractivity contribution in [3.63, 3.8) is 0 Å². The van der Waals surface area contributed by atoms with Gasteiger partial charge in [0.05, 0.1) is 16.8 Å². The van der Waals surface area contributed by atoms with Crippen molar-refractivity contribution in [1.82, 2.24) is 9.88 Å². The van der Waals surface area contributed by atoms with Crippen LogP contribution in [0.1, 0.15) is 36.5 Å². The standard InChI is InChI=1S/C25H30ClN3O2S/c1-4-19-7-8-21-22(16-19)32-25(27-21)29-11-9-28(10-12-29)23(30)6-5-13-31-20-14-17(2)24(26)18(3)15-20/h7-8,14-16H,4-6,9-13H2,1-3H3. The second kappa shape index (κ2) is 10.1. The summed E-state index contributed by atoms with van der Waals surface area (Å²) in [5.41, 5.74) is 4.42. The van der Waals surface area contributed by atoms with Crippen LogP contribution in [0.5, 0.6) is 5.75 Å². The smallest absolute Gasteiger partial charge is 0.222 e. The minimum atomic E-state index is 0.202. The summed E-state index contributed by atoms with van der Waals surface area (Å²) in [5, 5.41) is 1.84. The van der Waals surface area contributed by atoms with Crippen molar-refractivity contribution >= 4 is 44.2 Å². The Morgan fingerprint density at radius 2 is 1.84 bits per heavy atom. The van der Waals surface area contributed by atoms with Crippen molar-refractivity contribution < 1.29 is 9.53 Å². The van der Waals surface area contributed by atoms with Crippen LogP contribution in [0.2, 0.25) is 5.02 Å². The first-order valence-electron chi connectivity index (χ1n) is 11.3. The van der Waals surface area contributed by atoms with Crippen LogP contribution in [0.3, 0.4) is 0 Å². The third-order valence-electron chi connectivity index (χ3n) is 5.97. The molecule has 0 radical (unpaired) electrons. The van der Waals surface area contributed by atoms with E-state index in [2.05, 4.69) is 30.0 Å². The molecule has 1 aliphatic heterocycles. The Morgan fingerprint density at radius 3 is 2.53 bits per heavy atom. The van der Waals surface area contributed by atoms with E-state index in [4.69, 9.17) is 21.3 Å². The number of fused-ring (bicyclic) bond motifs is 1. The van der Waals surface area contributed by atoms with E-state index in [1.165, 1.54) is 10.3 Å². The van der Waals surface area contributed by atoms with E-state index >= 15 is 0 Å². The van der Waals surface area contributed by atoms with Gasteiger partial charge in [0.25, 0.3) is 0 Å². The number of hydrogen-bond donors (Lipinski definition) is 0. The van der Waals surface area contributed by atoms with E-state index in [0.29, 0.717) is 19.4 Å². The maximum absolute atomic E-state index is 12.6. The van der Waals surface area contributed by atoms with Crippen molar-refractivity contribution in [3.8, 4) is 5.75 Å². The molecule has 0 bridgehead atoms. The molecule has 2 heterocycles. The van der Waals surface area contributed by atoms with Gasteiger partial charge in [0.15, 0.2) is 5.13 Å². The van der Waals surface area contributed by atoms with Gasteiger partial charge in [-0.2, -0.15) is 0 Å². The highest BCUT2D eigenvalue weighted by atomic mass is 35.5. The highest BCUT2D eigenvalue weighted by molar-refractivity contribution is 7.22. The van der Waals surface area contributed by atoms with Gasteiger partial charge in [-0.1, -0.05) is 35.9 Å². The fourth-order valence-electron chi connectivity index (χ4n) is 4.02. The molecule has 1 aliphatic rings. The van der Waals surface area contributed by atoms with Crippen molar-refractivity contribution in [1.29, 1.82) is 0 Å². The number of aryl methyl sites for hydroxylation is 3. The summed E-state index contributed by atoms with van der Waals surface area (Å²) in [7, 11) is 0. The first kappa shape index (κ1) is 22.9. The Hall–Kier alpha value is -2.31. The Kier molecular flexibility index (Phi) is 7.21. The van der Waals surface area contributed by atoms with E-state index in [9.17, 15) is 4.79 Å². The van der Waals surface area contributed by atoms with E-state index < -0.39 is 0 Å². The number of benzene rings is 2. The molecule has 1 saturated heterocycles. The van der Waals surface area contributed by atoms with Gasteiger partial charge in [0.1, 0.15) is 5.75 Å². The number of ether oxygens (including phenoxy) is 1. The molecule has 0 spiro atoms. The molecule has 170 valence electrons. The molecule has 5 nitrogen and oxygen atoms in total. The molecule has 0 unspecified atom stereocenters. The van der Waals surface area contributed by atoms with E-state index in [0.717, 1.165) is 65.1 Å². The zero-order valence-electron chi connectivity index (χ0n) is 19.0. The van der Waals surface area contributed by atoms with Crippen LogP contribution in [0, 0.1) is 13.8 Å². The molecule has 2 aromatic carbocycles. The molecular weight excluding hydrogens is 442 g/mol. The van der Waals surface area contributed by atoms with Gasteiger partial charge >= 0.3 is 0 Å². The van der Waals surface area contributed by atoms with Crippen molar-refractivity contribution in [3.05, 3.63) is 52.0 Å². The molecule has 3 aromatic rings. The minimum absolute atomic E-state index is 0.202. The number of halogens is 1. The molecular formula is C25H30ClN3O2S. The number of carbonyl (C=O) groups is 1. The number of hydrogen-bond acceptors (Lipinski definition) is 5. The molecule has 7 heteroatoms. The first-order chi connectivity index (χ1) is 15.4. The maximum Gasteiger partial charge on any atom is 0.222 e. The summed E-state index contributed by atoms with van der Waals surface area (Å²) in [6, 6.07) is 10.4. The Balaban J connectivity index is 1.23. The predicted octanol–water partition coefficient (Wildman–Crippen LogP) is 5.64. The lowest BCUT2D eigenvalue weighted by molar-refractivity contribution is -0.131. The van der Waals surface area contributed by atoms with Crippen molar-refractivity contribution in [2.24, 2.45) is 0 Å². The summed E-state index contributed by atoms with van der Waals surface area (Å²) >= 11 is 7.96. The fourth-order valence-corrected chi connectivity index (χ4v) is 5.21. The SMILES string of the molecule is CCc1ccc2nc(N3CCN(C(=O)CCCOc4cc(C)c(Cl)c(C)c4)CC3)sc2c1. The molecule has 0 aliphatic carbocycles. The average Bonchev–Trinajstić information content (AvgIpc) is 3.23. The summed E-state index contributed by atoms with van der Waals surface area (Å²) in [6.07, 6.45) is 2.25. The second-order valence-corrected chi connectivity index (χ2v) is 9.73. The third kappa shape index (κ3) is 5.18. The number of piperazine rings is 1. The zero-order chi connectivity index (χ0) is 22.7. The van der Waals surface area contributed by atoms with Gasteiger partial charge in [0.2, 0.25) is 5.91 Å². The molecule has 4 rings (SSSR count). The van der Waals surface area contributed by atoms with Crippen LogP contribution in [0.4, 0.5) is 5.13 Å². The highest BCUT2D eigenvalue weighted by Crippen LogP contribution is 2.30. The van der Waals surface area contributed by atoms with Crippen molar-refractivity contribution in [2.75, 3.05) is 37.7 Å². The summed E-state index contributed by atoms with van der Waals surface area (Å²) in [5.74, 6) is 1.01. The van der Waals surface area contributed by atoms with Gasteiger partial charge in [0, 0.05) is 37.6 Å². The number of carbonyl (C=O) groups excluding carboxylic acids is 1. The van der Waals surface area contributed by atoms with Crippen molar-refractivity contribution in [2.45, 2.75) is 40.0 Å². The van der Waals surface area contributed by atoms with Gasteiger partial charge in [-0.15, -0.1) is 0 Å². The number of anilines is 1. The first-order valence-corrected chi connectivity index (χ1v) is 12.5. The lowest BCUT2D eigenvalue weighted by Gasteiger charge is -2.34. The fraction of sp³-hybridized carbons (Fsp3) is 0.440. The topological polar surface area (TPSA) is 45.7 Å². The lowest BCUT2D eigenvalue weighted by Crippen LogP contribution is -2.48. The monoisotopic (exact) mass is 471 g/mol. The zero-order valence-corrected chi connectivity index (χ0v) is 20.6. The molecule has 1 fully saturated rings. The molecule has 0 saturated carbocycles. The quantitative estimate of drug-likeness (QED) is 0.418. The Bertz CT molecular complexity index is 1080. The molecule has 0 atom stereocenters. The van der Waals surface area contributed by atoms with E-state index in [1.54, 1.807) is 11.3 Å². The van der Waals surface area contributed by atoms with Gasteiger partial charge < -0.3 is 14.5 Å². The molecule has 1 amide bonds. The molecule has 0 N–H and O–H groups in total. The summed E-state index contributed by atoms with van der Waals surface area (Å²) < 4.78 is 7.08. The van der Waals surface area contributed by atoms with Crippen LogP contribution >= 0.6 is 22.9 Å². The van der Waals surface area contributed by atoms with Crippen LogP contribution in [0.25, 0.3) is 10.2 Å². The largest absolute Gasteiger partial charge is 0.494 e. The number of rotatable bonds is 7. The third-order valence-corrected chi connectivity index (χ3v) is 7.64. The molecule has 32 heavy (non-hydrogen) atoms. The van der Waals surface area contributed by atoms with Crippen LogP contribution < -0.4 is 9.64 Å². The number of aromatic nitrogens is 1. The van der Waals surface area contributed by atoms with Crippen LogP contribution in [-0.2, 0) is 11.2 Å². The Morgan fingerprint density at radius 1 is 1.12 bits per heavy atom. The average molecular weight is 472 g/mol. The summed E-state index contributed by atoms with van der Waals surface area (Å²) in [6.45, 7) is 9.78. The minimum Gasteiger partial charge on any atom is -0.494 e. The van der Waals surface area contributed by atoms with Gasteiger partial charge in [-0.25, -0.2) is 4.98 Å². The number of amides is 1. The highest BCUT2D eigenvalue weighted by Gasteiger charge is 2.23. The normalized spacial score (nSPS) is 14.2. The maximum atomic E-state index is 12.6. The number of nitrogens with zero attached hydrogens (tertiary/aromatic N) is 3. The van der Waals surface area contributed by atoms with Crippen LogP contribution in [0.15, 0.2) is 30.3 Å². The Labute approximate surface area is 199 Å². The number of thiazole rings is 1. The summed E-state index contributed by atoms with van der Waals surface area (Å²) in [4.78, 5) is 21.7. The van der Waals surface area contributed by atoms with E-state index in [-0.39, 0.29) is 5.91 Å². The van der Waals surface area contributed by atoms with Crippen LogP contribution in [-0.4, -0.2) is 48.6 Å². The molecule has 1 aromatic heterocycles.